The molecule has 1 rings (SSSR count). The van der Waals surface area contributed by atoms with Crippen LogP contribution in [-0.4, -0.2) is 108 Å². The fraction of sp³-hybridized carbons (Fsp3) is 0.833. The number of nitrogens with zero attached hydrogens (tertiary/aromatic N) is 3. The summed E-state index contributed by atoms with van der Waals surface area (Å²) in [4.78, 5) is 87.8. The van der Waals surface area contributed by atoms with Crippen molar-refractivity contribution in [3.05, 3.63) is 0 Å². The first-order chi connectivity index (χ1) is 22.2. The average Bonchev–Trinajstić information content (AvgIpc) is 3.02. The number of carbonyl (C=O) groups excluding carboxylic acids is 6. The molecule has 0 aliphatic carbocycles. The van der Waals surface area contributed by atoms with Crippen LogP contribution in [0.3, 0.4) is 0 Å². The van der Waals surface area contributed by atoms with Crippen molar-refractivity contribution in [2.24, 2.45) is 35.5 Å². The van der Waals surface area contributed by atoms with E-state index in [2.05, 4.69) is 0 Å². The van der Waals surface area contributed by atoms with Crippen molar-refractivity contribution < 1.29 is 43.0 Å². The summed E-state index contributed by atoms with van der Waals surface area (Å²) in [7, 11) is 4.39. The second-order valence-electron chi connectivity index (χ2n) is 14.6. The van der Waals surface area contributed by atoms with Crippen LogP contribution in [0.4, 0.5) is 0 Å². The van der Waals surface area contributed by atoms with E-state index in [0.29, 0.717) is 19.3 Å². The molecule has 12 heteroatoms. The number of esters is 3. The Morgan fingerprint density at radius 2 is 0.625 bits per heavy atom. The van der Waals surface area contributed by atoms with Gasteiger partial charge < -0.3 is 28.9 Å². The topological polar surface area (TPSA) is 140 Å². The monoisotopic (exact) mass is 681 g/mol. The van der Waals surface area contributed by atoms with E-state index < -0.39 is 89.8 Å². The number of hydrogen-bond acceptors (Lipinski definition) is 9. The van der Waals surface area contributed by atoms with Gasteiger partial charge in [0.05, 0.1) is 0 Å². The fourth-order valence-corrected chi connectivity index (χ4v) is 6.00. The Hall–Kier alpha value is -3.18. The SMILES string of the molecule is CC[C@@H](C)[C@@H]1C(=O)O[C@H](C(C)C)C(=O)N(C)[C@H]([C@@H](C)CC)C(=O)O[C@H](C(C)C)C(=O)N(C)[C@H]([C@@H](C)CC)C(=O)O[C@H](C(C)C)C(=O)N1C. The first-order valence-corrected chi connectivity index (χ1v) is 17.6. The van der Waals surface area contributed by atoms with Crippen molar-refractivity contribution in [2.75, 3.05) is 21.1 Å². The molecule has 0 unspecified atom stereocenters. The van der Waals surface area contributed by atoms with Gasteiger partial charge in [-0.05, 0) is 35.5 Å². The third-order valence-electron chi connectivity index (χ3n) is 9.84. The molecule has 0 N–H and O–H groups in total. The first-order valence-electron chi connectivity index (χ1n) is 17.6. The number of rotatable bonds is 9. The molecule has 0 bridgehead atoms. The summed E-state index contributed by atoms with van der Waals surface area (Å²) >= 11 is 0. The lowest BCUT2D eigenvalue weighted by molar-refractivity contribution is -0.182. The summed E-state index contributed by atoms with van der Waals surface area (Å²) in [6, 6.07) is -3.30. The molecule has 0 radical (unpaired) electrons. The normalized spacial score (nSPS) is 28.2. The third kappa shape index (κ3) is 9.94. The van der Waals surface area contributed by atoms with E-state index in [1.54, 1.807) is 62.3 Å². The Bertz CT molecular complexity index is 1000. The van der Waals surface area contributed by atoms with E-state index >= 15 is 0 Å². The Morgan fingerprint density at radius 1 is 0.438 bits per heavy atom. The molecule has 0 aromatic carbocycles. The molecule has 1 aliphatic rings. The average molecular weight is 682 g/mol. The maximum Gasteiger partial charge on any atom is 0.329 e. The van der Waals surface area contributed by atoms with Crippen LogP contribution in [0.2, 0.25) is 0 Å². The molecule has 0 aromatic heterocycles. The minimum atomic E-state index is -1.28. The zero-order valence-electron chi connectivity index (χ0n) is 32.1. The summed E-state index contributed by atoms with van der Waals surface area (Å²) < 4.78 is 17.8. The Kier molecular flexibility index (Phi) is 16.6. The predicted octanol–water partition coefficient (Wildman–Crippen LogP) is 4.32. The van der Waals surface area contributed by atoms with Crippen LogP contribution in [0.25, 0.3) is 0 Å². The van der Waals surface area contributed by atoms with E-state index in [4.69, 9.17) is 14.2 Å². The van der Waals surface area contributed by atoms with Crippen molar-refractivity contribution in [3.63, 3.8) is 0 Å². The molecule has 276 valence electrons. The summed E-state index contributed by atoms with van der Waals surface area (Å²) in [6.45, 7) is 21.4. The summed E-state index contributed by atoms with van der Waals surface area (Å²) in [5.41, 5.74) is 0. The summed E-state index contributed by atoms with van der Waals surface area (Å²) in [6.07, 6.45) is -2.32. The lowest BCUT2D eigenvalue weighted by Crippen LogP contribution is -2.58. The van der Waals surface area contributed by atoms with E-state index in [1.165, 1.54) is 35.8 Å². The minimum absolute atomic E-state index is 0.381. The molecule has 1 heterocycles. The highest BCUT2D eigenvalue weighted by Gasteiger charge is 2.46. The summed E-state index contributed by atoms with van der Waals surface area (Å²) in [5.74, 6) is -6.73. The second kappa shape index (κ2) is 18.5. The fourth-order valence-electron chi connectivity index (χ4n) is 6.00. The molecule has 0 saturated carbocycles. The van der Waals surface area contributed by atoms with Crippen molar-refractivity contribution in [1.29, 1.82) is 0 Å². The molecule has 1 aliphatic heterocycles. The largest absolute Gasteiger partial charge is 0.450 e. The van der Waals surface area contributed by atoms with Gasteiger partial charge in [0.15, 0.2) is 18.3 Å². The van der Waals surface area contributed by atoms with Crippen LogP contribution in [0.5, 0.6) is 0 Å². The van der Waals surface area contributed by atoms with Crippen molar-refractivity contribution in [1.82, 2.24) is 14.7 Å². The van der Waals surface area contributed by atoms with E-state index in [9.17, 15) is 28.8 Å². The molecule has 3 amide bonds. The molecular formula is C36H63N3O9. The number of ether oxygens (including phenoxy) is 3. The van der Waals surface area contributed by atoms with Crippen LogP contribution in [0.1, 0.15) is 102 Å². The number of amides is 3. The predicted molar refractivity (Wildman–Crippen MR) is 182 cm³/mol. The van der Waals surface area contributed by atoms with Gasteiger partial charge in [-0.3, -0.25) is 14.4 Å². The lowest BCUT2D eigenvalue weighted by Gasteiger charge is -2.39. The molecule has 0 aromatic rings. The Morgan fingerprint density at radius 3 is 0.771 bits per heavy atom. The van der Waals surface area contributed by atoms with Crippen molar-refractivity contribution in [3.8, 4) is 0 Å². The van der Waals surface area contributed by atoms with Gasteiger partial charge in [-0.2, -0.15) is 0 Å². The number of cyclic esters (lactones) is 3. The number of carbonyl (C=O) groups is 6. The van der Waals surface area contributed by atoms with Crippen LogP contribution in [0, 0.1) is 35.5 Å². The van der Waals surface area contributed by atoms with E-state index in [1.807, 2.05) is 20.8 Å². The van der Waals surface area contributed by atoms with Crippen LogP contribution in [0.15, 0.2) is 0 Å². The van der Waals surface area contributed by atoms with Gasteiger partial charge in [0.1, 0.15) is 18.1 Å². The lowest BCUT2D eigenvalue weighted by atomic mass is 9.94. The van der Waals surface area contributed by atoms with Gasteiger partial charge in [-0.15, -0.1) is 0 Å². The second-order valence-corrected chi connectivity index (χ2v) is 14.6. The number of hydrogen-bond donors (Lipinski definition) is 0. The standard InChI is InChI=1S/C36H63N3O9/c1-16-22(10)25-34(43)46-29(20(6)7)32(41)38(14)27(24(12)18-3)36(45)48-30(21(8)9)33(42)39(15)26(23(11)17-2)35(44)47-28(19(4)5)31(40)37(25)13/h19-30H,16-18H2,1-15H3/t22-,23-,24+,25+,26+,27+,28+,29+,30+/m0/s1. The van der Waals surface area contributed by atoms with Crippen molar-refractivity contribution in [2.45, 2.75) is 139 Å². The van der Waals surface area contributed by atoms with Crippen LogP contribution in [-0.2, 0) is 43.0 Å². The third-order valence-corrected chi connectivity index (χ3v) is 9.84. The van der Waals surface area contributed by atoms with Gasteiger partial charge in [-0.25, -0.2) is 14.4 Å². The smallest absolute Gasteiger partial charge is 0.329 e. The molecular weight excluding hydrogens is 618 g/mol. The molecule has 12 nitrogen and oxygen atoms in total. The Balaban J connectivity index is 4.04. The maximum absolute atomic E-state index is 14.1. The highest BCUT2D eigenvalue weighted by atomic mass is 16.6. The molecule has 48 heavy (non-hydrogen) atoms. The summed E-state index contributed by atoms with van der Waals surface area (Å²) in [5, 5.41) is 0. The van der Waals surface area contributed by atoms with E-state index in [0.717, 1.165) is 0 Å². The molecule has 0 spiro atoms. The van der Waals surface area contributed by atoms with Gasteiger partial charge in [0.25, 0.3) is 17.7 Å². The van der Waals surface area contributed by atoms with Gasteiger partial charge in [-0.1, -0.05) is 102 Å². The molecule has 9 atom stereocenters. The maximum atomic E-state index is 14.1. The van der Waals surface area contributed by atoms with Gasteiger partial charge in [0.2, 0.25) is 0 Å². The Labute approximate surface area is 288 Å². The van der Waals surface area contributed by atoms with Crippen molar-refractivity contribution >= 4 is 35.6 Å². The van der Waals surface area contributed by atoms with Gasteiger partial charge in [0, 0.05) is 21.1 Å². The highest BCUT2D eigenvalue weighted by Crippen LogP contribution is 2.27. The number of likely N-dealkylation sites (N-methyl/N-ethyl adjacent to an activating group) is 3. The highest BCUT2D eigenvalue weighted by molar-refractivity contribution is 5.94. The van der Waals surface area contributed by atoms with Crippen LogP contribution >= 0.6 is 0 Å². The zero-order chi connectivity index (χ0) is 37.4. The first kappa shape index (κ1) is 42.8. The van der Waals surface area contributed by atoms with Crippen LogP contribution < -0.4 is 0 Å². The zero-order valence-corrected chi connectivity index (χ0v) is 32.1. The quantitative estimate of drug-likeness (QED) is 0.257. The molecule has 1 fully saturated rings. The van der Waals surface area contributed by atoms with E-state index in [-0.39, 0.29) is 17.8 Å². The van der Waals surface area contributed by atoms with Gasteiger partial charge >= 0.3 is 17.9 Å². The molecule has 1 saturated heterocycles. The minimum Gasteiger partial charge on any atom is -0.450 e.